The maximum absolute atomic E-state index is 12.0. The number of rotatable bonds is 5. The second-order valence-corrected chi connectivity index (χ2v) is 5.95. The molecule has 29 heavy (non-hydrogen) atoms. The van der Waals surface area contributed by atoms with Gasteiger partial charge in [0.25, 0.3) is 11.6 Å². The number of amides is 1. The molecule has 0 fully saturated rings. The van der Waals surface area contributed by atoms with Crippen LogP contribution in [0, 0.1) is 10.1 Å². The molecule has 1 aromatic heterocycles. The van der Waals surface area contributed by atoms with Crippen LogP contribution in [-0.2, 0) is 4.79 Å². The lowest BCUT2D eigenvalue weighted by Crippen LogP contribution is -2.15. The van der Waals surface area contributed by atoms with Crippen LogP contribution < -0.4 is 14.8 Å². The van der Waals surface area contributed by atoms with Gasteiger partial charge < -0.3 is 13.9 Å². The predicted octanol–water partition coefficient (Wildman–Crippen LogP) is 3.07. The summed E-state index contributed by atoms with van der Waals surface area (Å²) in [4.78, 5) is 22.3. The highest BCUT2D eigenvalue weighted by Gasteiger charge is 2.16. The number of nitrogens with zero attached hydrogens (tertiary/aromatic N) is 3. The van der Waals surface area contributed by atoms with Crippen LogP contribution in [0.3, 0.4) is 0 Å². The summed E-state index contributed by atoms with van der Waals surface area (Å²) in [5, 5.41) is 20.9. The number of hydrogen-bond acceptors (Lipinski definition) is 8. The Morgan fingerprint density at radius 2 is 1.93 bits per heavy atom. The molecule has 0 atom stereocenters. The van der Waals surface area contributed by atoms with Gasteiger partial charge in [0, 0.05) is 23.8 Å². The summed E-state index contributed by atoms with van der Waals surface area (Å²) in [5.74, 6) is 0.908. The van der Waals surface area contributed by atoms with E-state index in [9.17, 15) is 14.9 Å². The number of fused-ring (bicyclic) bond motifs is 1. The molecule has 10 heteroatoms. The lowest BCUT2D eigenvalue weighted by Gasteiger charge is -2.18. The summed E-state index contributed by atoms with van der Waals surface area (Å²) in [7, 11) is 0. The van der Waals surface area contributed by atoms with Gasteiger partial charge >= 0.3 is 6.01 Å². The maximum atomic E-state index is 12.0. The highest BCUT2D eigenvalue weighted by Crippen LogP contribution is 2.34. The molecule has 0 saturated heterocycles. The molecule has 1 aliphatic heterocycles. The Labute approximate surface area is 163 Å². The predicted molar refractivity (Wildman–Crippen MR) is 101 cm³/mol. The zero-order chi connectivity index (χ0) is 20.2. The molecular weight excluding hydrogens is 380 g/mol. The molecule has 0 spiro atoms. The first-order valence-electron chi connectivity index (χ1n) is 8.55. The van der Waals surface area contributed by atoms with Gasteiger partial charge in [-0.3, -0.25) is 20.2 Å². The molecule has 0 aliphatic carbocycles. The molecule has 1 amide bonds. The van der Waals surface area contributed by atoms with E-state index in [1.807, 2.05) is 0 Å². The second kappa shape index (κ2) is 7.80. The molecule has 0 saturated carbocycles. The first-order valence-corrected chi connectivity index (χ1v) is 8.55. The van der Waals surface area contributed by atoms with Crippen LogP contribution >= 0.6 is 0 Å². The summed E-state index contributed by atoms with van der Waals surface area (Å²) in [5.41, 5.74) is 1.07. The smallest absolute Gasteiger partial charge is 0.322 e. The number of nitro benzene ring substituents is 1. The van der Waals surface area contributed by atoms with E-state index in [1.165, 1.54) is 30.4 Å². The van der Waals surface area contributed by atoms with Crippen molar-refractivity contribution >= 4 is 23.7 Å². The third-order valence-corrected chi connectivity index (χ3v) is 3.95. The number of carbonyl (C=O) groups is 1. The number of non-ortho nitro benzene ring substituents is 1. The van der Waals surface area contributed by atoms with Crippen molar-refractivity contribution in [3.63, 3.8) is 0 Å². The third-order valence-electron chi connectivity index (χ3n) is 3.95. The van der Waals surface area contributed by atoms with E-state index < -0.39 is 10.8 Å². The molecule has 1 aliphatic rings. The van der Waals surface area contributed by atoms with E-state index in [1.54, 1.807) is 24.3 Å². The Morgan fingerprint density at radius 3 is 2.76 bits per heavy atom. The minimum Gasteiger partial charge on any atom is -0.486 e. The number of ether oxygens (including phenoxy) is 2. The normalized spacial score (nSPS) is 12.7. The summed E-state index contributed by atoms with van der Waals surface area (Å²) >= 11 is 0. The summed E-state index contributed by atoms with van der Waals surface area (Å²) in [6.45, 7) is 0.950. The molecule has 3 aromatic rings. The van der Waals surface area contributed by atoms with Gasteiger partial charge in [0.15, 0.2) is 11.5 Å². The van der Waals surface area contributed by atoms with Crippen molar-refractivity contribution in [2.75, 3.05) is 18.5 Å². The number of nitrogens with one attached hydrogen (secondary N) is 1. The van der Waals surface area contributed by atoms with Crippen LogP contribution in [0.5, 0.6) is 11.5 Å². The number of nitro groups is 1. The van der Waals surface area contributed by atoms with Crippen molar-refractivity contribution in [2.45, 2.75) is 0 Å². The Kier molecular flexibility index (Phi) is 4.89. The fourth-order valence-corrected chi connectivity index (χ4v) is 2.63. The van der Waals surface area contributed by atoms with Crippen molar-refractivity contribution in [2.24, 2.45) is 0 Å². The van der Waals surface area contributed by atoms with Gasteiger partial charge in [0.05, 0.1) is 4.92 Å². The molecule has 0 unspecified atom stereocenters. The Bertz CT molecular complexity index is 1110. The molecule has 146 valence electrons. The molecule has 0 bridgehead atoms. The van der Waals surface area contributed by atoms with Crippen molar-refractivity contribution in [1.29, 1.82) is 0 Å². The van der Waals surface area contributed by atoms with Crippen LogP contribution in [0.4, 0.5) is 11.7 Å². The molecule has 4 rings (SSSR count). The average molecular weight is 394 g/mol. The van der Waals surface area contributed by atoms with Gasteiger partial charge in [-0.15, -0.1) is 5.10 Å². The van der Waals surface area contributed by atoms with Gasteiger partial charge in [-0.2, -0.15) is 0 Å². The van der Waals surface area contributed by atoms with Crippen molar-refractivity contribution in [3.05, 3.63) is 64.2 Å². The third kappa shape index (κ3) is 4.21. The van der Waals surface area contributed by atoms with E-state index in [0.717, 1.165) is 0 Å². The topological polar surface area (TPSA) is 130 Å². The van der Waals surface area contributed by atoms with Crippen LogP contribution in [-0.4, -0.2) is 34.2 Å². The lowest BCUT2D eigenvalue weighted by molar-refractivity contribution is -0.384. The minimum absolute atomic E-state index is 0.0615. The highest BCUT2D eigenvalue weighted by atomic mass is 16.6. The van der Waals surface area contributed by atoms with Crippen molar-refractivity contribution in [1.82, 2.24) is 10.2 Å². The van der Waals surface area contributed by atoms with Gasteiger partial charge in [-0.1, -0.05) is 17.2 Å². The Balaban J connectivity index is 1.43. The monoisotopic (exact) mass is 394 g/mol. The molecule has 10 nitrogen and oxygen atoms in total. The summed E-state index contributed by atoms with van der Waals surface area (Å²) in [6.07, 6.45) is 2.66. The Hall–Kier alpha value is -4.21. The molecular formula is C19H14N4O6. The largest absolute Gasteiger partial charge is 0.486 e. The summed E-state index contributed by atoms with van der Waals surface area (Å²) < 4.78 is 16.4. The van der Waals surface area contributed by atoms with E-state index in [-0.39, 0.29) is 17.6 Å². The fraction of sp³-hybridized carbons (Fsp3) is 0.105. The average Bonchev–Trinajstić information content (AvgIpc) is 3.20. The van der Waals surface area contributed by atoms with Crippen LogP contribution in [0.1, 0.15) is 5.56 Å². The zero-order valence-electron chi connectivity index (χ0n) is 14.9. The van der Waals surface area contributed by atoms with E-state index >= 15 is 0 Å². The van der Waals surface area contributed by atoms with Gasteiger partial charge in [-0.25, -0.2) is 0 Å². The number of benzene rings is 2. The number of carbonyl (C=O) groups excluding carboxylic acids is 1. The zero-order valence-corrected chi connectivity index (χ0v) is 14.9. The fourth-order valence-electron chi connectivity index (χ4n) is 2.63. The maximum Gasteiger partial charge on any atom is 0.322 e. The number of aromatic nitrogens is 2. The van der Waals surface area contributed by atoms with E-state index in [0.29, 0.717) is 35.8 Å². The quantitative estimate of drug-likeness (QED) is 0.397. The van der Waals surface area contributed by atoms with Crippen LogP contribution in [0.25, 0.3) is 17.5 Å². The first-order chi connectivity index (χ1) is 14.1. The van der Waals surface area contributed by atoms with Crippen molar-refractivity contribution < 1.29 is 23.6 Å². The number of anilines is 1. The van der Waals surface area contributed by atoms with Gasteiger partial charge in [-0.05, 0) is 29.8 Å². The minimum atomic E-state index is -0.520. The standard InChI is InChI=1S/C19H14N4O6/c24-17(7-4-12-2-1-3-14(10-12)23(25)26)20-19-22-21-18(29-19)13-5-6-15-16(11-13)28-9-8-27-15/h1-7,10-11H,8-9H2,(H,20,22,24). The van der Waals surface area contributed by atoms with Crippen LogP contribution in [0.15, 0.2) is 53.0 Å². The van der Waals surface area contributed by atoms with Gasteiger partial charge in [0.1, 0.15) is 13.2 Å². The highest BCUT2D eigenvalue weighted by molar-refractivity contribution is 6.00. The van der Waals surface area contributed by atoms with E-state index in [4.69, 9.17) is 13.9 Å². The van der Waals surface area contributed by atoms with Crippen LogP contribution in [0.2, 0.25) is 0 Å². The SMILES string of the molecule is O=C(C=Cc1cccc([N+](=O)[O-])c1)Nc1nnc(-c2ccc3c(c2)OCCO3)o1. The molecule has 1 N–H and O–H groups in total. The lowest BCUT2D eigenvalue weighted by atomic mass is 10.2. The molecule has 0 radical (unpaired) electrons. The first kappa shape index (κ1) is 18.2. The van der Waals surface area contributed by atoms with Crippen molar-refractivity contribution in [3.8, 4) is 23.0 Å². The molecule has 2 aromatic carbocycles. The second-order valence-electron chi connectivity index (χ2n) is 5.95. The Morgan fingerprint density at radius 1 is 1.10 bits per heavy atom. The molecule has 2 heterocycles. The summed E-state index contributed by atoms with van der Waals surface area (Å²) in [6, 6.07) is 11.0. The van der Waals surface area contributed by atoms with E-state index in [2.05, 4.69) is 15.5 Å². The number of hydrogen-bond donors (Lipinski definition) is 1. The van der Waals surface area contributed by atoms with Gasteiger partial charge in [0.2, 0.25) is 5.89 Å².